The lowest BCUT2D eigenvalue weighted by atomic mass is 10.0. The Morgan fingerprint density at radius 3 is 2.91 bits per heavy atom. The van der Waals surface area contributed by atoms with E-state index in [0.29, 0.717) is 29.6 Å². The molecule has 7 nitrogen and oxygen atoms in total. The Labute approximate surface area is 196 Å². The average molecular weight is 458 g/mol. The fourth-order valence-corrected chi connectivity index (χ4v) is 4.10. The second-order valence-corrected chi connectivity index (χ2v) is 10.2. The highest BCUT2D eigenvalue weighted by molar-refractivity contribution is 7.95. The zero-order valence-electron chi connectivity index (χ0n) is 18.7. The van der Waals surface area contributed by atoms with Gasteiger partial charge in [-0.25, -0.2) is 9.97 Å². The zero-order chi connectivity index (χ0) is 23.2. The predicted octanol–water partition coefficient (Wildman–Crippen LogP) is 3.63. The Morgan fingerprint density at radius 2 is 2.12 bits per heavy atom. The summed E-state index contributed by atoms with van der Waals surface area (Å²) >= 11 is 0. The van der Waals surface area contributed by atoms with Crippen LogP contribution in [0.4, 0.5) is 0 Å². The van der Waals surface area contributed by atoms with Crippen LogP contribution in [0.3, 0.4) is 0 Å². The van der Waals surface area contributed by atoms with Crippen molar-refractivity contribution in [3.63, 3.8) is 0 Å². The maximum Gasteiger partial charge on any atom is 0.145 e. The van der Waals surface area contributed by atoms with Crippen LogP contribution in [0.1, 0.15) is 23.6 Å². The van der Waals surface area contributed by atoms with Crippen molar-refractivity contribution in [3.05, 3.63) is 66.4 Å². The van der Waals surface area contributed by atoms with E-state index in [1.165, 1.54) is 0 Å². The lowest BCUT2D eigenvalue weighted by molar-refractivity contribution is 0.0924. The molecule has 1 atom stereocenters. The summed E-state index contributed by atoms with van der Waals surface area (Å²) in [4.78, 5) is 9.00. The van der Waals surface area contributed by atoms with Crippen molar-refractivity contribution in [2.45, 2.75) is 19.2 Å². The normalized spacial score (nSPS) is 12.0. The third-order valence-corrected chi connectivity index (χ3v) is 6.31. The number of nitrogens with zero attached hydrogens (tertiary/aromatic N) is 6. The van der Waals surface area contributed by atoms with E-state index >= 15 is 0 Å². The molecule has 0 saturated carbocycles. The molecule has 3 aromatic heterocycles. The molecule has 4 rings (SSSR count). The summed E-state index contributed by atoms with van der Waals surface area (Å²) in [5, 5.41) is 14.8. The number of benzene rings is 1. The molecule has 33 heavy (non-hydrogen) atoms. The topological polar surface area (TPSA) is 81.5 Å². The van der Waals surface area contributed by atoms with E-state index in [9.17, 15) is 5.26 Å². The van der Waals surface area contributed by atoms with Crippen LogP contribution in [-0.4, -0.2) is 49.2 Å². The summed E-state index contributed by atoms with van der Waals surface area (Å²) in [5.74, 6) is 3.78. The highest BCUT2D eigenvalue weighted by Gasteiger charge is 2.17. The summed E-state index contributed by atoms with van der Waals surface area (Å²) in [5.41, 5.74) is 4.04. The Bertz CT molecular complexity index is 1330. The molecule has 4 aromatic rings. The molecule has 0 fully saturated rings. The fourth-order valence-electron chi connectivity index (χ4n) is 3.65. The second-order valence-electron chi connectivity index (χ2n) is 7.84. The highest BCUT2D eigenvalue weighted by atomic mass is 32.2. The van der Waals surface area contributed by atoms with Gasteiger partial charge >= 0.3 is 0 Å². The lowest BCUT2D eigenvalue weighted by Crippen LogP contribution is -2.11. The quantitative estimate of drug-likeness (QED) is 0.218. The summed E-state index contributed by atoms with van der Waals surface area (Å²) in [6.45, 7) is 1.18. The van der Waals surface area contributed by atoms with Gasteiger partial charge in [0.1, 0.15) is 24.5 Å². The van der Waals surface area contributed by atoms with Crippen molar-refractivity contribution < 1.29 is 4.74 Å². The van der Waals surface area contributed by atoms with Crippen molar-refractivity contribution >= 4 is 21.9 Å². The van der Waals surface area contributed by atoms with Gasteiger partial charge in [0.25, 0.3) is 0 Å². The first-order chi connectivity index (χ1) is 16.1. The molecule has 0 amide bonds. The molecule has 1 aromatic carbocycles. The number of fused-ring (bicyclic) bond motifs is 1. The van der Waals surface area contributed by atoms with E-state index in [2.05, 4.69) is 39.6 Å². The van der Waals surface area contributed by atoms with E-state index < -0.39 is 0 Å². The summed E-state index contributed by atoms with van der Waals surface area (Å²) in [6, 6.07) is 11.5. The highest BCUT2D eigenvalue weighted by Crippen LogP contribution is 2.29. The standard InChI is InChI=1S/C25H25N6OS/c1-4-6-23(20-8-5-7-19(13-20)14-26)31-16-21(15-29-31)24-22-9-10-30(25(22)28-17-27-24)18-32-11-12-33(2)3/h1,5,7-10,13,15-17,23H,6,11-12,18H2,2-3H3/q+1. The number of hydrogen-bond acceptors (Lipinski definition) is 5. The first-order valence-corrected chi connectivity index (χ1v) is 12.7. The summed E-state index contributed by atoms with van der Waals surface area (Å²) in [7, 11) is 0.364. The second kappa shape index (κ2) is 10.4. The summed E-state index contributed by atoms with van der Waals surface area (Å²) < 4.78 is 9.65. The maximum atomic E-state index is 9.25. The minimum absolute atomic E-state index is 0.172. The van der Waals surface area contributed by atoms with Crippen LogP contribution in [0.25, 0.3) is 22.3 Å². The smallest absolute Gasteiger partial charge is 0.145 e. The van der Waals surface area contributed by atoms with Gasteiger partial charge in [-0.15, -0.1) is 12.3 Å². The molecule has 3 heterocycles. The maximum absolute atomic E-state index is 9.25. The molecule has 0 aliphatic heterocycles. The molecule has 0 spiro atoms. The molecule has 0 aliphatic rings. The van der Waals surface area contributed by atoms with Gasteiger partial charge in [0.05, 0.1) is 48.7 Å². The molecule has 1 unspecified atom stereocenters. The molecule has 0 radical (unpaired) electrons. The van der Waals surface area contributed by atoms with Crippen LogP contribution in [-0.2, 0) is 22.4 Å². The first kappa shape index (κ1) is 22.6. The Morgan fingerprint density at radius 1 is 1.24 bits per heavy atom. The SMILES string of the molecule is C#CCC(c1cccc(C#N)c1)n1cc(-c2ncnc3c2ccn3COCC[S+](C)C)cn1. The van der Waals surface area contributed by atoms with Crippen molar-refractivity contribution in [1.82, 2.24) is 24.3 Å². The van der Waals surface area contributed by atoms with Gasteiger partial charge in [-0.2, -0.15) is 10.4 Å². The van der Waals surface area contributed by atoms with Crippen LogP contribution in [0, 0.1) is 23.7 Å². The molecular formula is C25H25N6OS+. The Balaban J connectivity index is 1.61. The van der Waals surface area contributed by atoms with E-state index in [4.69, 9.17) is 11.2 Å². The number of terminal acetylenes is 1. The largest absolute Gasteiger partial charge is 0.356 e. The number of rotatable bonds is 9. The van der Waals surface area contributed by atoms with E-state index in [1.54, 1.807) is 18.6 Å². The number of ether oxygens (including phenoxy) is 1. The molecule has 0 N–H and O–H groups in total. The molecule has 0 saturated heterocycles. The van der Waals surface area contributed by atoms with Crippen molar-refractivity contribution in [2.75, 3.05) is 24.9 Å². The predicted molar refractivity (Wildman–Crippen MR) is 132 cm³/mol. The Hall–Kier alpha value is -3.59. The third kappa shape index (κ3) is 5.09. The molecule has 0 aliphatic carbocycles. The number of aromatic nitrogens is 5. The van der Waals surface area contributed by atoms with E-state index in [0.717, 1.165) is 40.2 Å². The first-order valence-electron chi connectivity index (χ1n) is 10.5. The molecular weight excluding hydrogens is 432 g/mol. The minimum atomic E-state index is -0.172. The van der Waals surface area contributed by atoms with E-state index in [1.807, 2.05) is 45.9 Å². The van der Waals surface area contributed by atoms with Gasteiger partial charge in [0.2, 0.25) is 0 Å². The molecule has 8 heteroatoms. The fraction of sp³-hybridized carbons (Fsp3) is 0.280. The number of hydrogen-bond donors (Lipinski definition) is 0. The van der Waals surface area contributed by atoms with Crippen LogP contribution >= 0.6 is 0 Å². The van der Waals surface area contributed by atoms with Crippen molar-refractivity contribution in [3.8, 4) is 29.7 Å². The van der Waals surface area contributed by atoms with Gasteiger partial charge in [-0.3, -0.25) is 4.68 Å². The van der Waals surface area contributed by atoms with Crippen LogP contribution in [0.15, 0.2) is 55.2 Å². The average Bonchev–Trinajstić information content (AvgIpc) is 3.47. The van der Waals surface area contributed by atoms with Gasteiger partial charge in [0.15, 0.2) is 0 Å². The monoisotopic (exact) mass is 457 g/mol. The molecule has 166 valence electrons. The number of nitriles is 1. The van der Waals surface area contributed by atoms with Crippen LogP contribution in [0.5, 0.6) is 0 Å². The Kier molecular flexibility index (Phi) is 7.09. The van der Waals surface area contributed by atoms with Crippen LogP contribution < -0.4 is 0 Å². The van der Waals surface area contributed by atoms with E-state index in [-0.39, 0.29) is 6.04 Å². The third-order valence-electron chi connectivity index (χ3n) is 5.33. The van der Waals surface area contributed by atoms with Gasteiger partial charge in [0, 0.05) is 29.8 Å². The zero-order valence-corrected chi connectivity index (χ0v) is 19.5. The minimum Gasteiger partial charge on any atom is -0.356 e. The van der Waals surface area contributed by atoms with Gasteiger partial charge in [-0.05, 0) is 34.7 Å². The van der Waals surface area contributed by atoms with Gasteiger partial charge < -0.3 is 9.30 Å². The van der Waals surface area contributed by atoms with Crippen molar-refractivity contribution in [2.24, 2.45) is 0 Å². The van der Waals surface area contributed by atoms with Crippen molar-refractivity contribution in [1.29, 1.82) is 5.26 Å². The lowest BCUT2D eigenvalue weighted by Gasteiger charge is -2.15. The van der Waals surface area contributed by atoms with Crippen LogP contribution in [0.2, 0.25) is 0 Å². The summed E-state index contributed by atoms with van der Waals surface area (Å²) in [6.07, 6.45) is 17.8. The van der Waals surface area contributed by atoms with Gasteiger partial charge in [-0.1, -0.05) is 12.1 Å². The molecule has 0 bridgehead atoms.